The predicted molar refractivity (Wildman–Crippen MR) is 58.1 cm³/mol. The zero-order valence-electron chi connectivity index (χ0n) is 8.85. The van der Waals surface area contributed by atoms with Crippen molar-refractivity contribution in [2.75, 3.05) is 6.54 Å². The first-order valence-electron chi connectivity index (χ1n) is 4.57. The van der Waals surface area contributed by atoms with Crippen molar-refractivity contribution < 1.29 is 0 Å². The molecule has 0 amide bonds. The average Bonchev–Trinajstić information content (AvgIpc) is 2.30. The van der Waals surface area contributed by atoms with E-state index < -0.39 is 0 Å². The van der Waals surface area contributed by atoms with Crippen molar-refractivity contribution in [1.29, 1.82) is 0 Å². The molecule has 0 radical (unpaired) electrons. The van der Waals surface area contributed by atoms with Gasteiger partial charge in [0.15, 0.2) is 0 Å². The van der Waals surface area contributed by atoms with Gasteiger partial charge in [0, 0.05) is 4.88 Å². The summed E-state index contributed by atoms with van der Waals surface area (Å²) < 4.78 is 0. The first kappa shape index (κ1) is 10.7. The highest BCUT2D eigenvalue weighted by atomic mass is 32.1. The lowest BCUT2D eigenvalue weighted by Crippen LogP contribution is -2.25. The van der Waals surface area contributed by atoms with Gasteiger partial charge in [0.05, 0.1) is 10.7 Å². The summed E-state index contributed by atoms with van der Waals surface area (Å²) in [6.45, 7) is 9.24. The number of nitrogens with two attached hydrogens (primary N) is 1. The number of nitrogens with zero attached hydrogens (tertiary/aromatic N) is 1. The molecule has 3 heteroatoms. The molecule has 0 bridgehead atoms. The molecular weight excluding hydrogens is 180 g/mol. The Morgan fingerprint density at radius 1 is 1.38 bits per heavy atom. The van der Waals surface area contributed by atoms with Crippen LogP contribution in [0.25, 0.3) is 0 Å². The van der Waals surface area contributed by atoms with Gasteiger partial charge in [0.25, 0.3) is 0 Å². The highest BCUT2D eigenvalue weighted by Crippen LogP contribution is 2.26. The molecule has 0 atom stereocenters. The van der Waals surface area contributed by atoms with Gasteiger partial charge in [-0.1, -0.05) is 13.8 Å². The third kappa shape index (κ3) is 2.78. The van der Waals surface area contributed by atoms with E-state index >= 15 is 0 Å². The number of hydrogen-bond acceptors (Lipinski definition) is 3. The second kappa shape index (κ2) is 3.76. The molecule has 0 aliphatic carbocycles. The Balaban J connectivity index is 2.79. The Morgan fingerprint density at radius 3 is 2.38 bits per heavy atom. The summed E-state index contributed by atoms with van der Waals surface area (Å²) in [7, 11) is 0. The third-order valence-electron chi connectivity index (χ3n) is 2.19. The normalized spacial score (nSPS) is 12.1. The van der Waals surface area contributed by atoms with Crippen LogP contribution in [0.5, 0.6) is 0 Å². The second-order valence-corrected chi connectivity index (χ2v) is 5.57. The minimum Gasteiger partial charge on any atom is -0.330 e. The zero-order chi connectivity index (χ0) is 10.1. The van der Waals surface area contributed by atoms with E-state index in [1.807, 2.05) is 0 Å². The predicted octanol–water partition coefficient (Wildman–Crippen LogP) is 2.29. The van der Waals surface area contributed by atoms with E-state index in [1.54, 1.807) is 11.3 Å². The fourth-order valence-corrected chi connectivity index (χ4v) is 2.44. The number of rotatable bonds is 3. The molecule has 0 spiro atoms. The van der Waals surface area contributed by atoms with Gasteiger partial charge in [-0.2, -0.15) is 0 Å². The molecule has 0 aliphatic heterocycles. The average molecular weight is 198 g/mol. The molecule has 0 saturated heterocycles. The van der Waals surface area contributed by atoms with Gasteiger partial charge < -0.3 is 5.73 Å². The lowest BCUT2D eigenvalue weighted by molar-refractivity contribution is 0.379. The molecule has 0 fully saturated rings. The van der Waals surface area contributed by atoms with Crippen LogP contribution in [0.1, 0.15) is 29.4 Å². The summed E-state index contributed by atoms with van der Waals surface area (Å²) in [5, 5.41) is 1.15. The van der Waals surface area contributed by atoms with E-state index in [1.165, 1.54) is 10.6 Å². The van der Waals surface area contributed by atoms with Crippen molar-refractivity contribution in [2.24, 2.45) is 11.1 Å². The highest BCUT2D eigenvalue weighted by molar-refractivity contribution is 7.11. The standard InChI is InChI=1S/C10H18N2S/c1-7-9(13-8(2)12-7)5-10(3,4)6-11/h5-6,11H2,1-4H3. The van der Waals surface area contributed by atoms with Gasteiger partial charge in [-0.15, -0.1) is 11.3 Å². The van der Waals surface area contributed by atoms with Crippen molar-refractivity contribution in [2.45, 2.75) is 34.1 Å². The molecule has 0 aromatic carbocycles. The van der Waals surface area contributed by atoms with Crippen LogP contribution in [0.15, 0.2) is 0 Å². The molecule has 2 N–H and O–H groups in total. The Bertz CT molecular complexity index is 289. The molecule has 1 rings (SSSR count). The van der Waals surface area contributed by atoms with Crippen LogP contribution >= 0.6 is 11.3 Å². The van der Waals surface area contributed by atoms with Crippen LogP contribution in [0.2, 0.25) is 0 Å². The molecule has 1 heterocycles. The van der Waals surface area contributed by atoms with Gasteiger partial charge in [0.1, 0.15) is 0 Å². The molecular formula is C10H18N2S. The summed E-state index contributed by atoms with van der Waals surface area (Å²) in [4.78, 5) is 5.79. The maximum absolute atomic E-state index is 5.70. The topological polar surface area (TPSA) is 38.9 Å². The maximum Gasteiger partial charge on any atom is 0.0900 e. The Kier molecular flexibility index (Phi) is 3.09. The van der Waals surface area contributed by atoms with Crippen molar-refractivity contribution in [3.63, 3.8) is 0 Å². The Hall–Kier alpha value is -0.410. The minimum absolute atomic E-state index is 0.198. The molecule has 0 saturated carbocycles. The highest BCUT2D eigenvalue weighted by Gasteiger charge is 2.19. The SMILES string of the molecule is Cc1nc(C)c(CC(C)(C)CN)s1. The molecule has 1 aromatic heterocycles. The summed E-state index contributed by atoms with van der Waals surface area (Å²) in [5.74, 6) is 0. The zero-order valence-corrected chi connectivity index (χ0v) is 9.66. The minimum atomic E-state index is 0.198. The van der Waals surface area contributed by atoms with Crippen molar-refractivity contribution in [1.82, 2.24) is 4.98 Å². The van der Waals surface area contributed by atoms with E-state index in [4.69, 9.17) is 5.73 Å². The van der Waals surface area contributed by atoms with Crippen LogP contribution in [-0.2, 0) is 6.42 Å². The molecule has 2 nitrogen and oxygen atoms in total. The van der Waals surface area contributed by atoms with Crippen LogP contribution in [0.4, 0.5) is 0 Å². The fourth-order valence-electron chi connectivity index (χ4n) is 1.24. The smallest absolute Gasteiger partial charge is 0.0900 e. The van der Waals surface area contributed by atoms with Crippen molar-refractivity contribution in [3.05, 3.63) is 15.6 Å². The fraction of sp³-hybridized carbons (Fsp3) is 0.700. The van der Waals surface area contributed by atoms with Gasteiger partial charge in [0.2, 0.25) is 0 Å². The van der Waals surface area contributed by atoms with Crippen LogP contribution in [0, 0.1) is 19.3 Å². The molecule has 0 unspecified atom stereocenters. The number of thiazole rings is 1. The molecule has 0 aliphatic rings. The summed E-state index contributed by atoms with van der Waals surface area (Å²) in [6.07, 6.45) is 1.04. The van der Waals surface area contributed by atoms with Gasteiger partial charge in [-0.05, 0) is 32.2 Å². The third-order valence-corrected chi connectivity index (χ3v) is 3.26. The van der Waals surface area contributed by atoms with E-state index in [0.29, 0.717) is 0 Å². The summed E-state index contributed by atoms with van der Waals surface area (Å²) in [5.41, 5.74) is 7.06. The summed E-state index contributed by atoms with van der Waals surface area (Å²) >= 11 is 1.79. The monoisotopic (exact) mass is 198 g/mol. The van der Waals surface area contributed by atoms with E-state index in [9.17, 15) is 0 Å². The number of hydrogen-bond donors (Lipinski definition) is 1. The first-order valence-corrected chi connectivity index (χ1v) is 5.39. The number of aryl methyl sites for hydroxylation is 2. The van der Waals surface area contributed by atoms with Crippen LogP contribution in [0.3, 0.4) is 0 Å². The lowest BCUT2D eigenvalue weighted by Gasteiger charge is -2.21. The Labute approximate surface area is 84.2 Å². The number of aromatic nitrogens is 1. The lowest BCUT2D eigenvalue weighted by atomic mass is 9.88. The maximum atomic E-state index is 5.70. The van der Waals surface area contributed by atoms with Crippen molar-refractivity contribution >= 4 is 11.3 Å². The van der Waals surface area contributed by atoms with E-state index in [2.05, 4.69) is 32.7 Å². The quantitative estimate of drug-likeness (QED) is 0.809. The van der Waals surface area contributed by atoms with Gasteiger partial charge >= 0.3 is 0 Å². The molecule has 74 valence electrons. The van der Waals surface area contributed by atoms with Crippen molar-refractivity contribution in [3.8, 4) is 0 Å². The van der Waals surface area contributed by atoms with Gasteiger partial charge in [-0.3, -0.25) is 0 Å². The first-order chi connectivity index (χ1) is 5.94. The van der Waals surface area contributed by atoms with Crippen LogP contribution < -0.4 is 5.73 Å². The largest absolute Gasteiger partial charge is 0.330 e. The van der Waals surface area contributed by atoms with Crippen LogP contribution in [-0.4, -0.2) is 11.5 Å². The molecule has 13 heavy (non-hydrogen) atoms. The second-order valence-electron chi connectivity index (χ2n) is 4.29. The van der Waals surface area contributed by atoms with E-state index in [0.717, 1.165) is 18.0 Å². The van der Waals surface area contributed by atoms with E-state index in [-0.39, 0.29) is 5.41 Å². The summed E-state index contributed by atoms with van der Waals surface area (Å²) in [6, 6.07) is 0. The molecule has 1 aromatic rings. The Morgan fingerprint density at radius 2 is 2.00 bits per heavy atom. The van der Waals surface area contributed by atoms with Gasteiger partial charge in [-0.25, -0.2) is 4.98 Å².